The summed E-state index contributed by atoms with van der Waals surface area (Å²) in [7, 11) is 0. The third kappa shape index (κ3) is 4.43. The van der Waals surface area contributed by atoms with Crippen LogP contribution in [0.15, 0.2) is 47.1 Å². The van der Waals surface area contributed by atoms with Crippen LogP contribution in [-0.4, -0.2) is 18.4 Å². The van der Waals surface area contributed by atoms with Crippen LogP contribution in [0.25, 0.3) is 10.4 Å². The first kappa shape index (κ1) is 21.3. The predicted octanol–water partition coefficient (Wildman–Crippen LogP) is 6.33. The Kier molecular flexibility index (Phi) is 6.55. The van der Waals surface area contributed by atoms with Gasteiger partial charge in [0.25, 0.3) is 0 Å². The van der Waals surface area contributed by atoms with Crippen LogP contribution in [0.3, 0.4) is 0 Å². The summed E-state index contributed by atoms with van der Waals surface area (Å²) in [6.45, 7) is 5.73. The maximum Gasteiger partial charge on any atom is 0.313 e. The largest absolute Gasteiger partial charge is 0.466 e. The van der Waals surface area contributed by atoms with E-state index >= 15 is 0 Å². The number of carbonyl (C=O) groups excluding carboxylic acids is 2. The third-order valence-electron chi connectivity index (χ3n) is 4.45. The molecule has 0 amide bonds. The molecule has 1 atom stereocenters. The van der Waals surface area contributed by atoms with E-state index < -0.39 is 17.7 Å². The Morgan fingerprint density at radius 1 is 1.24 bits per heavy atom. The van der Waals surface area contributed by atoms with Crippen molar-refractivity contribution in [2.24, 2.45) is 5.92 Å². The Labute approximate surface area is 177 Å². The number of thiophene rings is 1. The van der Waals surface area contributed by atoms with Gasteiger partial charge in [-0.3, -0.25) is 9.59 Å². The van der Waals surface area contributed by atoms with Crippen molar-refractivity contribution < 1.29 is 23.1 Å². The molecular formula is C22H20ClFO4S. The average Bonchev–Trinajstić information content (AvgIpc) is 3.32. The lowest BCUT2D eigenvalue weighted by molar-refractivity contribution is -0.146. The first-order valence-electron chi connectivity index (χ1n) is 9.17. The zero-order chi connectivity index (χ0) is 21.1. The van der Waals surface area contributed by atoms with Crippen LogP contribution in [0.2, 0.25) is 5.02 Å². The van der Waals surface area contributed by atoms with Crippen LogP contribution in [-0.2, 0) is 9.53 Å². The van der Waals surface area contributed by atoms with Gasteiger partial charge in [-0.15, -0.1) is 11.3 Å². The second-order valence-corrected chi connectivity index (χ2v) is 8.29. The number of rotatable bonds is 7. The van der Waals surface area contributed by atoms with Crippen molar-refractivity contribution in [1.29, 1.82) is 0 Å². The maximum atomic E-state index is 14.7. The first-order chi connectivity index (χ1) is 13.8. The highest BCUT2D eigenvalue weighted by Gasteiger charge is 2.32. The molecule has 3 aromatic rings. The monoisotopic (exact) mass is 434 g/mol. The molecule has 3 rings (SSSR count). The van der Waals surface area contributed by atoms with Gasteiger partial charge in [0.15, 0.2) is 5.76 Å². The zero-order valence-electron chi connectivity index (χ0n) is 16.2. The number of ether oxygens (including phenoxy) is 1. The van der Waals surface area contributed by atoms with E-state index in [-0.39, 0.29) is 34.7 Å². The Balaban J connectivity index is 2.19. The molecule has 1 aromatic carbocycles. The molecule has 0 bridgehead atoms. The minimum absolute atomic E-state index is 0.121. The smallest absolute Gasteiger partial charge is 0.313 e. The highest BCUT2D eigenvalue weighted by Crippen LogP contribution is 2.42. The Morgan fingerprint density at radius 3 is 2.59 bits per heavy atom. The molecule has 152 valence electrons. The van der Waals surface area contributed by atoms with Crippen LogP contribution >= 0.6 is 22.9 Å². The lowest BCUT2D eigenvalue weighted by Gasteiger charge is -2.20. The molecular weight excluding hydrogens is 415 g/mol. The number of carbonyl (C=O) groups is 2. The zero-order valence-corrected chi connectivity index (χ0v) is 17.8. The molecule has 0 spiro atoms. The summed E-state index contributed by atoms with van der Waals surface area (Å²) < 4.78 is 25.2. The summed E-state index contributed by atoms with van der Waals surface area (Å²) in [5.74, 6) is -1.85. The summed E-state index contributed by atoms with van der Waals surface area (Å²) in [5.41, 5.74) is 0.836. The van der Waals surface area contributed by atoms with E-state index in [1.807, 2.05) is 13.8 Å². The van der Waals surface area contributed by atoms with Gasteiger partial charge in [-0.25, -0.2) is 4.39 Å². The van der Waals surface area contributed by atoms with Gasteiger partial charge in [0.05, 0.1) is 23.7 Å². The average molecular weight is 435 g/mol. The predicted molar refractivity (Wildman–Crippen MR) is 111 cm³/mol. The van der Waals surface area contributed by atoms with Gasteiger partial charge in [0.1, 0.15) is 5.82 Å². The molecule has 0 aliphatic rings. The maximum absolute atomic E-state index is 14.7. The van der Waals surface area contributed by atoms with E-state index in [1.165, 1.54) is 12.3 Å². The highest BCUT2D eigenvalue weighted by atomic mass is 35.5. The van der Waals surface area contributed by atoms with Gasteiger partial charge in [-0.1, -0.05) is 25.4 Å². The van der Waals surface area contributed by atoms with Crippen molar-refractivity contribution in [3.8, 4) is 10.4 Å². The lowest BCUT2D eigenvalue weighted by atomic mass is 9.87. The third-order valence-corrected chi connectivity index (χ3v) is 5.87. The fraction of sp³-hybridized carbons (Fsp3) is 0.273. The second-order valence-electron chi connectivity index (χ2n) is 6.80. The van der Waals surface area contributed by atoms with Crippen LogP contribution in [0.5, 0.6) is 0 Å². The van der Waals surface area contributed by atoms with E-state index in [0.717, 1.165) is 11.3 Å². The first-order valence-corrected chi connectivity index (χ1v) is 10.4. The number of esters is 1. The van der Waals surface area contributed by atoms with Gasteiger partial charge < -0.3 is 9.15 Å². The standard InChI is InChI=1S/C22H20ClFO4S/c1-4-27-22(26)19(12(2)3)15-11-18(20(25)17-6-5-9-28-17)29-21(15)14-8-7-13(23)10-16(14)24/h5-12,19H,4H2,1-3H3. The van der Waals surface area contributed by atoms with E-state index in [1.54, 1.807) is 37.3 Å². The minimum atomic E-state index is -0.644. The fourth-order valence-corrected chi connectivity index (χ4v) is 4.49. The van der Waals surface area contributed by atoms with Crippen molar-refractivity contribution in [3.63, 3.8) is 0 Å². The van der Waals surface area contributed by atoms with Crippen molar-refractivity contribution in [3.05, 3.63) is 69.7 Å². The molecule has 7 heteroatoms. The normalized spacial score (nSPS) is 12.2. The molecule has 0 aliphatic carbocycles. The SMILES string of the molecule is CCOC(=O)C(c1cc(C(=O)c2ccco2)sc1-c1ccc(Cl)cc1F)C(C)C. The number of hydrogen-bond acceptors (Lipinski definition) is 5. The van der Waals surface area contributed by atoms with Crippen molar-refractivity contribution in [1.82, 2.24) is 0 Å². The number of furan rings is 1. The Bertz CT molecular complexity index is 1020. The summed E-state index contributed by atoms with van der Waals surface area (Å²) in [6, 6.07) is 9.17. The van der Waals surface area contributed by atoms with Crippen LogP contribution < -0.4 is 0 Å². The van der Waals surface area contributed by atoms with Gasteiger partial charge in [-0.05, 0) is 54.8 Å². The summed E-state index contributed by atoms with van der Waals surface area (Å²) in [6.07, 6.45) is 1.41. The highest BCUT2D eigenvalue weighted by molar-refractivity contribution is 7.17. The molecule has 2 aromatic heterocycles. The van der Waals surface area contributed by atoms with Crippen LogP contribution in [0.4, 0.5) is 4.39 Å². The summed E-state index contributed by atoms with van der Waals surface area (Å²) in [4.78, 5) is 26.4. The van der Waals surface area contributed by atoms with E-state index in [0.29, 0.717) is 15.3 Å². The molecule has 0 fully saturated rings. The van der Waals surface area contributed by atoms with Gasteiger partial charge in [0.2, 0.25) is 5.78 Å². The number of benzene rings is 1. The quantitative estimate of drug-likeness (QED) is 0.322. The van der Waals surface area contributed by atoms with E-state index in [4.69, 9.17) is 20.8 Å². The molecule has 0 radical (unpaired) electrons. The summed E-state index contributed by atoms with van der Waals surface area (Å²) >= 11 is 7.01. The van der Waals surface area contributed by atoms with Crippen molar-refractivity contribution in [2.45, 2.75) is 26.7 Å². The Morgan fingerprint density at radius 2 is 2.00 bits per heavy atom. The second kappa shape index (κ2) is 8.93. The Hall–Kier alpha value is -2.44. The fourth-order valence-electron chi connectivity index (χ4n) is 3.15. The molecule has 0 N–H and O–H groups in total. The van der Waals surface area contributed by atoms with Crippen LogP contribution in [0, 0.1) is 11.7 Å². The minimum Gasteiger partial charge on any atom is -0.466 e. The molecule has 2 heterocycles. The number of halogens is 2. The molecule has 4 nitrogen and oxygen atoms in total. The summed E-state index contributed by atoms with van der Waals surface area (Å²) in [5, 5.41) is 0.266. The molecule has 0 aliphatic heterocycles. The topological polar surface area (TPSA) is 56.5 Å². The molecule has 0 saturated carbocycles. The lowest BCUT2D eigenvalue weighted by Crippen LogP contribution is -2.21. The van der Waals surface area contributed by atoms with Gasteiger partial charge in [-0.2, -0.15) is 0 Å². The molecule has 29 heavy (non-hydrogen) atoms. The van der Waals surface area contributed by atoms with Gasteiger partial charge >= 0.3 is 5.97 Å². The van der Waals surface area contributed by atoms with E-state index in [2.05, 4.69) is 0 Å². The number of hydrogen-bond donors (Lipinski definition) is 0. The number of ketones is 1. The molecule has 0 saturated heterocycles. The van der Waals surface area contributed by atoms with Gasteiger partial charge in [0, 0.05) is 15.5 Å². The van der Waals surface area contributed by atoms with Crippen molar-refractivity contribution in [2.75, 3.05) is 6.61 Å². The van der Waals surface area contributed by atoms with E-state index in [9.17, 15) is 14.0 Å². The molecule has 1 unspecified atom stereocenters. The van der Waals surface area contributed by atoms with Crippen LogP contribution in [0.1, 0.15) is 47.7 Å². The van der Waals surface area contributed by atoms with Crippen molar-refractivity contribution >= 4 is 34.7 Å².